The van der Waals surface area contributed by atoms with Crippen molar-refractivity contribution >= 4 is 44.8 Å². The number of ether oxygens (including phenoxy) is 1. The number of carbonyl (C=O) groups is 1. The number of halogens is 2. The van der Waals surface area contributed by atoms with Crippen molar-refractivity contribution in [1.29, 1.82) is 0 Å². The largest absolute Gasteiger partial charge is 0.461 e. The summed E-state index contributed by atoms with van der Waals surface area (Å²) in [5, 5.41) is 1.37. The van der Waals surface area contributed by atoms with E-state index in [1.165, 1.54) is 11.3 Å². The highest BCUT2D eigenvalue weighted by atomic mass is 79.9. The first-order valence-electron chi connectivity index (χ1n) is 5.63. The number of hydrogen-bond donors (Lipinski definition) is 0. The van der Waals surface area contributed by atoms with Crippen LogP contribution < -0.4 is 0 Å². The van der Waals surface area contributed by atoms with E-state index in [0.717, 1.165) is 19.9 Å². The fraction of sp³-hybridized carbons (Fsp3) is 0.231. The molecule has 1 aromatic carbocycles. The Kier molecular flexibility index (Phi) is 4.60. The van der Waals surface area contributed by atoms with Crippen LogP contribution in [-0.4, -0.2) is 17.6 Å². The summed E-state index contributed by atoms with van der Waals surface area (Å²) < 4.78 is 5.80. The van der Waals surface area contributed by atoms with E-state index >= 15 is 0 Å². The van der Waals surface area contributed by atoms with Gasteiger partial charge in [-0.1, -0.05) is 17.7 Å². The van der Waals surface area contributed by atoms with Crippen LogP contribution in [0.2, 0.25) is 5.02 Å². The first-order chi connectivity index (χ1) is 9.02. The maximum Gasteiger partial charge on any atom is 0.358 e. The quantitative estimate of drug-likeness (QED) is 0.744. The van der Waals surface area contributed by atoms with E-state index in [9.17, 15) is 4.79 Å². The average Bonchev–Trinajstić information content (AvgIpc) is 2.75. The molecule has 100 valence electrons. The standard InChI is InChI=1S/C13H11BrClNO2S/c1-3-18-13(17)11-7(2)19-12(16-11)8-4-5-9(14)10(15)6-8/h4-6H,3H2,1-2H3. The van der Waals surface area contributed by atoms with Crippen molar-refractivity contribution in [2.45, 2.75) is 13.8 Å². The summed E-state index contributed by atoms with van der Waals surface area (Å²) in [4.78, 5) is 16.9. The van der Waals surface area contributed by atoms with E-state index in [1.807, 2.05) is 25.1 Å². The molecule has 6 heteroatoms. The number of esters is 1. The van der Waals surface area contributed by atoms with Crippen LogP contribution in [0.1, 0.15) is 22.3 Å². The zero-order valence-corrected chi connectivity index (χ0v) is 13.5. The first kappa shape index (κ1) is 14.5. The van der Waals surface area contributed by atoms with Crippen molar-refractivity contribution in [3.63, 3.8) is 0 Å². The predicted molar refractivity (Wildman–Crippen MR) is 81.0 cm³/mol. The summed E-state index contributed by atoms with van der Waals surface area (Å²) in [6, 6.07) is 5.58. The van der Waals surface area contributed by atoms with Gasteiger partial charge in [0.25, 0.3) is 0 Å². The molecule has 0 aliphatic rings. The maximum atomic E-state index is 11.7. The summed E-state index contributed by atoms with van der Waals surface area (Å²) in [6.07, 6.45) is 0. The third kappa shape index (κ3) is 3.16. The van der Waals surface area contributed by atoms with Crippen molar-refractivity contribution in [3.05, 3.63) is 38.3 Å². The maximum absolute atomic E-state index is 11.7. The van der Waals surface area contributed by atoms with Crippen molar-refractivity contribution in [2.24, 2.45) is 0 Å². The van der Waals surface area contributed by atoms with Gasteiger partial charge in [-0.2, -0.15) is 0 Å². The molecule has 1 heterocycles. The minimum absolute atomic E-state index is 0.343. The molecule has 0 saturated heterocycles. The summed E-state index contributed by atoms with van der Waals surface area (Å²) in [5.41, 5.74) is 1.26. The van der Waals surface area contributed by atoms with E-state index in [4.69, 9.17) is 16.3 Å². The summed E-state index contributed by atoms with van der Waals surface area (Å²) >= 11 is 10.9. The molecule has 19 heavy (non-hydrogen) atoms. The minimum atomic E-state index is -0.384. The monoisotopic (exact) mass is 359 g/mol. The Morgan fingerprint density at radius 1 is 1.53 bits per heavy atom. The molecule has 0 saturated carbocycles. The Bertz CT molecular complexity index is 627. The van der Waals surface area contributed by atoms with Crippen LogP contribution in [0.3, 0.4) is 0 Å². The summed E-state index contributed by atoms with van der Waals surface area (Å²) in [5.74, 6) is -0.384. The molecule has 0 radical (unpaired) electrons. The fourth-order valence-electron chi connectivity index (χ4n) is 1.54. The number of thiazole rings is 1. The molecule has 2 aromatic rings. The first-order valence-corrected chi connectivity index (χ1v) is 7.61. The Labute approximate surface area is 128 Å². The summed E-state index contributed by atoms with van der Waals surface area (Å²) in [6.45, 7) is 3.97. The van der Waals surface area contributed by atoms with Crippen LogP contribution in [0.5, 0.6) is 0 Å². The van der Waals surface area contributed by atoms with Gasteiger partial charge in [0.05, 0.1) is 11.6 Å². The highest BCUT2D eigenvalue weighted by Crippen LogP contribution is 2.32. The Balaban J connectivity index is 2.38. The number of carbonyl (C=O) groups excluding carboxylic acids is 1. The van der Waals surface area contributed by atoms with E-state index in [2.05, 4.69) is 20.9 Å². The minimum Gasteiger partial charge on any atom is -0.461 e. The van der Waals surface area contributed by atoms with E-state index in [1.54, 1.807) is 6.92 Å². The van der Waals surface area contributed by atoms with E-state index < -0.39 is 0 Å². The topological polar surface area (TPSA) is 39.2 Å². The van der Waals surface area contributed by atoms with E-state index in [-0.39, 0.29) is 5.97 Å². The van der Waals surface area contributed by atoms with Crippen LogP contribution in [0, 0.1) is 6.92 Å². The van der Waals surface area contributed by atoms with Gasteiger partial charge >= 0.3 is 5.97 Å². The molecule has 1 aromatic heterocycles. The average molecular weight is 361 g/mol. The number of rotatable bonds is 3. The second kappa shape index (κ2) is 6.03. The molecule has 0 N–H and O–H groups in total. The van der Waals surface area contributed by atoms with Gasteiger partial charge in [-0.15, -0.1) is 11.3 Å². The van der Waals surface area contributed by atoms with Gasteiger partial charge in [0.2, 0.25) is 0 Å². The zero-order valence-electron chi connectivity index (χ0n) is 10.4. The van der Waals surface area contributed by atoms with Gasteiger partial charge < -0.3 is 4.74 Å². The molecule has 0 unspecified atom stereocenters. The molecule has 3 nitrogen and oxygen atoms in total. The SMILES string of the molecule is CCOC(=O)c1nc(-c2ccc(Br)c(Cl)c2)sc1C. The van der Waals surface area contributed by atoms with Gasteiger partial charge in [0.15, 0.2) is 5.69 Å². The molecular formula is C13H11BrClNO2S. The zero-order chi connectivity index (χ0) is 14.0. The Morgan fingerprint density at radius 3 is 2.89 bits per heavy atom. The molecule has 0 aliphatic carbocycles. The molecule has 0 aliphatic heterocycles. The van der Waals surface area contributed by atoms with Crippen molar-refractivity contribution in [3.8, 4) is 10.6 Å². The lowest BCUT2D eigenvalue weighted by atomic mass is 10.2. The Morgan fingerprint density at radius 2 is 2.26 bits per heavy atom. The van der Waals surface area contributed by atoms with Gasteiger partial charge in [-0.25, -0.2) is 9.78 Å². The highest BCUT2D eigenvalue weighted by molar-refractivity contribution is 9.10. The second-order valence-corrected chi connectivity index (χ2v) is 6.24. The smallest absolute Gasteiger partial charge is 0.358 e. The van der Waals surface area contributed by atoms with Crippen LogP contribution in [0.25, 0.3) is 10.6 Å². The number of aromatic nitrogens is 1. The third-order valence-corrected chi connectivity index (χ3v) is 4.68. The van der Waals surface area contributed by atoms with Crippen LogP contribution in [0.15, 0.2) is 22.7 Å². The van der Waals surface area contributed by atoms with Gasteiger partial charge in [0.1, 0.15) is 5.01 Å². The predicted octanol–water partition coefficient (Wildman–Crippen LogP) is 4.71. The summed E-state index contributed by atoms with van der Waals surface area (Å²) in [7, 11) is 0. The van der Waals surface area contributed by atoms with Crippen molar-refractivity contribution in [2.75, 3.05) is 6.61 Å². The molecule has 0 bridgehead atoms. The van der Waals surface area contributed by atoms with Crippen molar-refractivity contribution in [1.82, 2.24) is 4.98 Å². The lowest BCUT2D eigenvalue weighted by molar-refractivity contribution is 0.0519. The molecule has 0 spiro atoms. The molecule has 2 rings (SSSR count). The molecule has 0 atom stereocenters. The van der Waals surface area contributed by atoms with Crippen LogP contribution in [-0.2, 0) is 4.74 Å². The lowest BCUT2D eigenvalue weighted by Gasteiger charge is -1.99. The van der Waals surface area contributed by atoms with Crippen LogP contribution in [0.4, 0.5) is 0 Å². The fourth-order valence-corrected chi connectivity index (χ4v) is 2.86. The molecule has 0 fully saturated rings. The highest BCUT2D eigenvalue weighted by Gasteiger charge is 2.17. The Hall–Kier alpha value is -0.910. The number of benzene rings is 1. The molecule has 0 amide bonds. The van der Waals surface area contributed by atoms with Gasteiger partial charge in [-0.05, 0) is 41.9 Å². The number of aryl methyl sites for hydroxylation is 1. The van der Waals surface area contributed by atoms with Crippen molar-refractivity contribution < 1.29 is 9.53 Å². The second-order valence-electron chi connectivity index (χ2n) is 3.77. The van der Waals surface area contributed by atoms with Gasteiger partial charge in [0, 0.05) is 14.9 Å². The number of nitrogens with zero attached hydrogens (tertiary/aromatic N) is 1. The molecular weight excluding hydrogens is 350 g/mol. The lowest BCUT2D eigenvalue weighted by Crippen LogP contribution is -2.06. The number of hydrogen-bond acceptors (Lipinski definition) is 4. The van der Waals surface area contributed by atoms with E-state index in [0.29, 0.717) is 17.3 Å². The van der Waals surface area contributed by atoms with Gasteiger partial charge in [-0.3, -0.25) is 0 Å². The van der Waals surface area contributed by atoms with Crippen LogP contribution >= 0.6 is 38.9 Å². The third-order valence-electron chi connectivity index (χ3n) is 2.43. The normalized spacial score (nSPS) is 10.5.